The molecule has 4 heteroatoms. The zero-order chi connectivity index (χ0) is 21.8. The van der Waals surface area contributed by atoms with Crippen molar-refractivity contribution < 1.29 is 19.1 Å². The zero-order valence-electron chi connectivity index (χ0n) is 17.7. The van der Waals surface area contributed by atoms with Crippen LogP contribution in [0.4, 0.5) is 0 Å². The fourth-order valence-electron chi connectivity index (χ4n) is 3.96. The highest BCUT2D eigenvalue weighted by Gasteiger charge is 2.28. The summed E-state index contributed by atoms with van der Waals surface area (Å²) in [5.41, 5.74) is 5.15. The normalized spacial score (nSPS) is 16.3. The second-order valence-electron chi connectivity index (χ2n) is 7.55. The maximum absolute atomic E-state index is 12.2. The van der Waals surface area contributed by atoms with Gasteiger partial charge < -0.3 is 9.47 Å². The van der Waals surface area contributed by atoms with Crippen molar-refractivity contribution in [3.05, 3.63) is 106 Å². The zero-order valence-corrected chi connectivity index (χ0v) is 17.7. The third-order valence-corrected chi connectivity index (χ3v) is 5.50. The number of ether oxygens (including phenoxy) is 2. The summed E-state index contributed by atoms with van der Waals surface area (Å²) in [7, 11) is 1.28. The lowest BCUT2D eigenvalue weighted by molar-refractivity contribution is -0.137. The van der Waals surface area contributed by atoms with Crippen LogP contribution in [0.25, 0.3) is 11.3 Å². The van der Waals surface area contributed by atoms with E-state index in [0.29, 0.717) is 0 Å². The molecule has 0 saturated carbocycles. The Labute approximate surface area is 182 Å². The minimum atomic E-state index is -0.630. The van der Waals surface area contributed by atoms with Crippen LogP contribution in [0.1, 0.15) is 37.3 Å². The molecule has 0 spiro atoms. The Balaban J connectivity index is 1.92. The lowest BCUT2D eigenvalue weighted by atomic mass is 9.84. The Morgan fingerprint density at radius 1 is 0.935 bits per heavy atom. The van der Waals surface area contributed by atoms with Crippen molar-refractivity contribution in [2.75, 3.05) is 7.11 Å². The topological polar surface area (TPSA) is 52.6 Å². The first-order valence-corrected chi connectivity index (χ1v) is 10.4. The summed E-state index contributed by atoms with van der Waals surface area (Å²) in [4.78, 5) is 24.3. The van der Waals surface area contributed by atoms with Crippen molar-refractivity contribution in [2.24, 2.45) is 0 Å². The van der Waals surface area contributed by atoms with Gasteiger partial charge in [0.15, 0.2) is 5.78 Å². The molecule has 0 bridgehead atoms. The average Bonchev–Trinajstić information content (AvgIpc) is 2.82. The lowest BCUT2D eigenvalue weighted by Crippen LogP contribution is -2.15. The van der Waals surface area contributed by atoms with Crippen LogP contribution >= 0.6 is 0 Å². The predicted molar refractivity (Wildman–Crippen MR) is 121 cm³/mol. The summed E-state index contributed by atoms with van der Waals surface area (Å²) in [5, 5.41) is 0. The maximum Gasteiger partial charge on any atom is 0.341 e. The number of carbonyl (C=O) groups is 2. The van der Waals surface area contributed by atoms with Crippen LogP contribution in [-0.4, -0.2) is 18.9 Å². The Hall–Kier alpha value is -3.66. The summed E-state index contributed by atoms with van der Waals surface area (Å²) < 4.78 is 11.2. The second-order valence-corrected chi connectivity index (χ2v) is 7.55. The maximum atomic E-state index is 12.2. The molecule has 2 aromatic rings. The van der Waals surface area contributed by atoms with Gasteiger partial charge in [-0.15, -0.1) is 0 Å². The molecule has 2 aliphatic rings. The quantitative estimate of drug-likeness (QED) is 0.276. The van der Waals surface area contributed by atoms with E-state index >= 15 is 0 Å². The molecule has 4 rings (SSSR count). The molecule has 0 amide bonds. The second kappa shape index (κ2) is 9.00. The molecule has 0 unspecified atom stereocenters. The molecule has 0 atom stereocenters. The monoisotopic (exact) mass is 412 g/mol. The van der Waals surface area contributed by atoms with Gasteiger partial charge in [0.05, 0.1) is 7.11 Å². The van der Waals surface area contributed by atoms with Gasteiger partial charge in [-0.25, -0.2) is 4.79 Å². The highest BCUT2D eigenvalue weighted by molar-refractivity contribution is 6.16. The first-order chi connectivity index (χ1) is 15.1. The van der Waals surface area contributed by atoms with E-state index in [1.54, 1.807) is 6.08 Å². The van der Waals surface area contributed by atoms with Gasteiger partial charge in [0.1, 0.15) is 17.1 Å². The van der Waals surface area contributed by atoms with Crippen LogP contribution in [0.15, 0.2) is 95.3 Å². The molecule has 0 saturated heterocycles. The largest absolute Gasteiger partial charge is 0.465 e. The van der Waals surface area contributed by atoms with Gasteiger partial charge in [0.2, 0.25) is 0 Å². The van der Waals surface area contributed by atoms with Gasteiger partial charge in [0, 0.05) is 11.1 Å². The molecular weight excluding hydrogens is 388 g/mol. The highest BCUT2D eigenvalue weighted by Crippen LogP contribution is 2.43. The molecule has 0 radical (unpaired) electrons. The first-order valence-electron chi connectivity index (χ1n) is 10.4. The van der Waals surface area contributed by atoms with Crippen molar-refractivity contribution in [3.8, 4) is 0 Å². The lowest BCUT2D eigenvalue weighted by Gasteiger charge is -2.29. The molecule has 31 heavy (non-hydrogen) atoms. The summed E-state index contributed by atoms with van der Waals surface area (Å²) in [6.45, 7) is 1.37. The smallest absolute Gasteiger partial charge is 0.341 e. The molecule has 1 heterocycles. The standard InChI is InChI=1S/C27H24O4/c1-18(28)23(27(29)30-2)16-21-14-9-15-22-24(19-10-5-3-6-11-19)17-25(31-26(21)22)20-12-7-4-8-13-20/h3-8,10-13,16-17H,9,14-15H2,1-2H3/b23-16+. The first kappa shape index (κ1) is 20.6. The molecule has 1 aliphatic carbocycles. The van der Waals surface area contributed by atoms with Crippen LogP contribution in [0.2, 0.25) is 0 Å². The third kappa shape index (κ3) is 4.29. The summed E-state index contributed by atoms with van der Waals surface area (Å²) in [6, 6.07) is 20.1. The van der Waals surface area contributed by atoms with E-state index in [-0.39, 0.29) is 11.4 Å². The average molecular weight is 412 g/mol. The number of rotatable bonds is 5. The molecule has 1 aliphatic heterocycles. The fraction of sp³-hybridized carbons (Fsp3) is 0.185. The van der Waals surface area contributed by atoms with Gasteiger partial charge in [-0.1, -0.05) is 60.7 Å². The molecule has 0 aromatic heterocycles. The van der Waals surface area contributed by atoms with Gasteiger partial charge in [-0.2, -0.15) is 0 Å². The van der Waals surface area contributed by atoms with E-state index in [1.165, 1.54) is 14.0 Å². The number of Topliss-reactive ketones (excluding diaryl/α,β-unsaturated/α-hetero) is 1. The Morgan fingerprint density at radius 2 is 1.58 bits per heavy atom. The van der Waals surface area contributed by atoms with E-state index in [4.69, 9.17) is 9.47 Å². The number of fused-ring (bicyclic) bond motifs is 1. The van der Waals surface area contributed by atoms with Crippen LogP contribution in [-0.2, 0) is 19.1 Å². The number of benzene rings is 2. The van der Waals surface area contributed by atoms with Crippen LogP contribution in [0, 0.1) is 0 Å². The van der Waals surface area contributed by atoms with Crippen molar-refractivity contribution in [2.45, 2.75) is 26.2 Å². The fourth-order valence-corrected chi connectivity index (χ4v) is 3.96. The number of methoxy groups -OCH3 is 1. The molecule has 4 nitrogen and oxygen atoms in total. The number of ketones is 1. The summed E-state index contributed by atoms with van der Waals surface area (Å²) in [5.74, 6) is 0.520. The Kier molecular flexibility index (Phi) is 5.99. The van der Waals surface area contributed by atoms with Gasteiger partial charge >= 0.3 is 5.97 Å². The highest BCUT2D eigenvalue weighted by atomic mass is 16.5. The molecule has 156 valence electrons. The van der Waals surface area contributed by atoms with E-state index in [1.807, 2.05) is 48.5 Å². The number of allylic oxidation sites excluding steroid dienone is 5. The number of esters is 1. The van der Waals surface area contributed by atoms with Crippen molar-refractivity contribution in [1.82, 2.24) is 0 Å². The summed E-state index contributed by atoms with van der Waals surface area (Å²) in [6.07, 6.45) is 6.21. The van der Waals surface area contributed by atoms with Crippen molar-refractivity contribution in [3.63, 3.8) is 0 Å². The minimum absolute atomic E-state index is 0.0342. The molecule has 0 N–H and O–H groups in total. The van der Waals surface area contributed by atoms with Gasteiger partial charge in [-0.05, 0) is 55.0 Å². The number of hydrogen-bond acceptors (Lipinski definition) is 4. The molecule has 2 aromatic carbocycles. The SMILES string of the molecule is COC(=O)/C(=C/C1=C2OC(c3ccccc3)=CC(c3ccccc3)=C2CCC1)C(C)=O. The van der Waals surface area contributed by atoms with Crippen LogP contribution in [0.3, 0.4) is 0 Å². The van der Waals surface area contributed by atoms with Crippen LogP contribution in [0.5, 0.6) is 0 Å². The van der Waals surface area contributed by atoms with Gasteiger partial charge in [-0.3, -0.25) is 4.79 Å². The summed E-state index contributed by atoms with van der Waals surface area (Å²) >= 11 is 0. The minimum Gasteiger partial charge on any atom is -0.465 e. The van der Waals surface area contributed by atoms with E-state index in [2.05, 4.69) is 18.2 Å². The van der Waals surface area contributed by atoms with E-state index in [9.17, 15) is 9.59 Å². The Morgan fingerprint density at radius 3 is 2.19 bits per heavy atom. The molecule has 0 fully saturated rings. The third-order valence-electron chi connectivity index (χ3n) is 5.50. The Bertz CT molecular complexity index is 1130. The van der Waals surface area contributed by atoms with Crippen molar-refractivity contribution >= 4 is 23.1 Å². The van der Waals surface area contributed by atoms with Gasteiger partial charge in [0.25, 0.3) is 0 Å². The van der Waals surface area contributed by atoms with Crippen LogP contribution < -0.4 is 0 Å². The van der Waals surface area contributed by atoms with Crippen molar-refractivity contribution in [1.29, 1.82) is 0 Å². The number of carbonyl (C=O) groups excluding carboxylic acids is 2. The molecular formula is C27H24O4. The van der Waals surface area contributed by atoms with E-state index < -0.39 is 5.97 Å². The number of hydrogen-bond donors (Lipinski definition) is 0. The van der Waals surface area contributed by atoms with E-state index in [0.717, 1.165) is 58.6 Å². The predicted octanol–water partition coefficient (Wildman–Crippen LogP) is 5.64.